The first-order valence-corrected chi connectivity index (χ1v) is 7.01. The SMILES string of the molecule is CN1CCc2cc(C(O)Cc3cccc(F)c3F)ccc21. The third kappa shape index (κ3) is 2.63. The molecule has 0 bridgehead atoms. The van der Waals surface area contributed by atoms with Crippen molar-refractivity contribution in [1.82, 2.24) is 0 Å². The molecule has 0 saturated heterocycles. The molecule has 1 aliphatic rings. The summed E-state index contributed by atoms with van der Waals surface area (Å²) in [5, 5.41) is 10.3. The molecule has 1 heterocycles. The fourth-order valence-electron chi connectivity index (χ4n) is 2.83. The number of anilines is 1. The zero-order valence-corrected chi connectivity index (χ0v) is 11.8. The molecule has 1 atom stereocenters. The van der Waals surface area contributed by atoms with Crippen molar-refractivity contribution >= 4 is 5.69 Å². The van der Waals surface area contributed by atoms with Gasteiger partial charge in [-0.15, -0.1) is 0 Å². The van der Waals surface area contributed by atoms with Crippen LogP contribution in [0.25, 0.3) is 0 Å². The molecule has 21 heavy (non-hydrogen) atoms. The second kappa shape index (κ2) is 5.45. The number of benzene rings is 2. The second-order valence-electron chi connectivity index (χ2n) is 5.49. The van der Waals surface area contributed by atoms with Crippen LogP contribution in [0, 0.1) is 11.6 Å². The van der Waals surface area contributed by atoms with Crippen molar-refractivity contribution in [3.63, 3.8) is 0 Å². The first-order valence-electron chi connectivity index (χ1n) is 7.01. The molecule has 1 unspecified atom stereocenters. The molecule has 0 aliphatic carbocycles. The van der Waals surface area contributed by atoms with Crippen molar-refractivity contribution in [2.24, 2.45) is 0 Å². The van der Waals surface area contributed by atoms with Crippen LogP contribution in [0.5, 0.6) is 0 Å². The first kappa shape index (κ1) is 14.0. The van der Waals surface area contributed by atoms with Crippen molar-refractivity contribution in [2.75, 3.05) is 18.5 Å². The van der Waals surface area contributed by atoms with E-state index in [-0.39, 0.29) is 12.0 Å². The maximum Gasteiger partial charge on any atom is 0.162 e. The molecule has 3 rings (SSSR count). The summed E-state index contributed by atoms with van der Waals surface area (Å²) in [6.45, 7) is 0.966. The van der Waals surface area contributed by atoms with Crippen LogP contribution in [0.2, 0.25) is 0 Å². The first-order chi connectivity index (χ1) is 10.1. The van der Waals surface area contributed by atoms with Gasteiger partial charge in [0.2, 0.25) is 0 Å². The topological polar surface area (TPSA) is 23.5 Å². The molecule has 0 amide bonds. The van der Waals surface area contributed by atoms with Gasteiger partial charge in [0.05, 0.1) is 6.10 Å². The summed E-state index contributed by atoms with van der Waals surface area (Å²) >= 11 is 0. The summed E-state index contributed by atoms with van der Waals surface area (Å²) in [6, 6.07) is 9.82. The molecule has 0 radical (unpaired) electrons. The second-order valence-corrected chi connectivity index (χ2v) is 5.49. The van der Waals surface area contributed by atoms with E-state index in [0.717, 1.165) is 24.6 Å². The Balaban J connectivity index is 1.83. The van der Waals surface area contributed by atoms with Gasteiger partial charge in [0.25, 0.3) is 0 Å². The van der Waals surface area contributed by atoms with E-state index in [0.29, 0.717) is 0 Å². The fourth-order valence-corrected chi connectivity index (χ4v) is 2.83. The molecule has 4 heteroatoms. The van der Waals surface area contributed by atoms with Gasteiger partial charge in [-0.1, -0.05) is 24.3 Å². The highest BCUT2D eigenvalue weighted by Crippen LogP contribution is 2.30. The van der Waals surface area contributed by atoms with Crippen molar-refractivity contribution in [3.8, 4) is 0 Å². The van der Waals surface area contributed by atoms with Crippen molar-refractivity contribution < 1.29 is 13.9 Å². The number of halogens is 2. The zero-order chi connectivity index (χ0) is 15.0. The third-order valence-corrected chi connectivity index (χ3v) is 4.06. The minimum atomic E-state index is -0.879. The lowest BCUT2D eigenvalue weighted by molar-refractivity contribution is 0.177. The molecule has 1 N–H and O–H groups in total. The molecule has 110 valence electrons. The standard InChI is InChI=1S/C17H17F2NO/c1-20-8-7-11-9-12(5-6-15(11)20)16(21)10-13-3-2-4-14(18)17(13)19/h2-6,9,16,21H,7-8,10H2,1H3. The Morgan fingerprint density at radius 3 is 2.86 bits per heavy atom. The van der Waals surface area contributed by atoms with Crippen LogP contribution in [0.3, 0.4) is 0 Å². The third-order valence-electron chi connectivity index (χ3n) is 4.06. The number of rotatable bonds is 3. The molecule has 0 saturated carbocycles. The minimum absolute atomic E-state index is 0.0677. The Bertz CT molecular complexity index is 672. The number of hydrogen-bond acceptors (Lipinski definition) is 2. The molecular weight excluding hydrogens is 272 g/mol. The minimum Gasteiger partial charge on any atom is -0.388 e. The average molecular weight is 289 g/mol. The number of aliphatic hydroxyl groups excluding tert-OH is 1. The van der Waals surface area contributed by atoms with Gasteiger partial charge in [0, 0.05) is 25.7 Å². The lowest BCUT2D eigenvalue weighted by Crippen LogP contribution is -2.12. The van der Waals surface area contributed by atoms with E-state index in [2.05, 4.69) is 4.90 Å². The number of nitrogens with zero attached hydrogens (tertiary/aromatic N) is 1. The Hall–Kier alpha value is -1.94. The smallest absolute Gasteiger partial charge is 0.162 e. The van der Waals surface area contributed by atoms with E-state index >= 15 is 0 Å². The summed E-state index contributed by atoms with van der Waals surface area (Å²) in [5.74, 6) is -1.76. The maximum absolute atomic E-state index is 13.7. The van der Waals surface area contributed by atoms with Gasteiger partial charge in [-0.25, -0.2) is 8.78 Å². The van der Waals surface area contributed by atoms with E-state index in [1.54, 1.807) is 0 Å². The highest BCUT2D eigenvalue weighted by Gasteiger charge is 2.19. The Morgan fingerprint density at radius 2 is 2.05 bits per heavy atom. The molecule has 2 nitrogen and oxygen atoms in total. The predicted octanol–water partition coefficient (Wildman–Crippen LogP) is 3.23. The quantitative estimate of drug-likeness (QED) is 0.937. The zero-order valence-electron chi connectivity index (χ0n) is 11.8. The number of fused-ring (bicyclic) bond motifs is 1. The Kier molecular flexibility index (Phi) is 3.64. The van der Waals surface area contributed by atoms with Crippen molar-refractivity contribution in [1.29, 1.82) is 0 Å². The van der Waals surface area contributed by atoms with Crippen LogP contribution >= 0.6 is 0 Å². The van der Waals surface area contributed by atoms with Crippen molar-refractivity contribution in [3.05, 3.63) is 64.7 Å². The van der Waals surface area contributed by atoms with Gasteiger partial charge in [-0.05, 0) is 35.2 Å². The van der Waals surface area contributed by atoms with Crippen LogP contribution in [-0.2, 0) is 12.8 Å². The van der Waals surface area contributed by atoms with Crippen LogP contribution < -0.4 is 4.90 Å². The Labute approximate surface area is 122 Å². The predicted molar refractivity (Wildman–Crippen MR) is 78.4 cm³/mol. The monoisotopic (exact) mass is 289 g/mol. The highest BCUT2D eigenvalue weighted by atomic mass is 19.2. The van der Waals surface area contributed by atoms with Gasteiger partial charge in [-0.2, -0.15) is 0 Å². The van der Waals surface area contributed by atoms with Crippen LogP contribution in [0.1, 0.15) is 22.8 Å². The van der Waals surface area contributed by atoms with Crippen LogP contribution in [0.15, 0.2) is 36.4 Å². The normalized spacial score (nSPS) is 15.1. The number of aliphatic hydroxyl groups is 1. The summed E-state index contributed by atoms with van der Waals surface area (Å²) in [5.41, 5.74) is 3.30. The van der Waals surface area contributed by atoms with Crippen LogP contribution in [0.4, 0.5) is 14.5 Å². The summed E-state index contributed by atoms with van der Waals surface area (Å²) in [7, 11) is 2.03. The molecule has 2 aromatic carbocycles. The molecule has 0 spiro atoms. The molecular formula is C17H17F2NO. The number of hydrogen-bond donors (Lipinski definition) is 1. The van der Waals surface area contributed by atoms with Crippen LogP contribution in [-0.4, -0.2) is 18.7 Å². The van der Waals surface area contributed by atoms with E-state index < -0.39 is 17.7 Å². The van der Waals surface area contributed by atoms with E-state index in [1.807, 2.05) is 25.2 Å². The maximum atomic E-state index is 13.7. The van der Waals surface area contributed by atoms with E-state index in [1.165, 1.54) is 23.4 Å². The number of likely N-dealkylation sites (N-methyl/N-ethyl adjacent to an activating group) is 1. The van der Waals surface area contributed by atoms with Gasteiger partial charge >= 0.3 is 0 Å². The van der Waals surface area contributed by atoms with Gasteiger partial charge < -0.3 is 10.0 Å². The van der Waals surface area contributed by atoms with Gasteiger partial charge in [-0.3, -0.25) is 0 Å². The Morgan fingerprint density at radius 1 is 1.24 bits per heavy atom. The molecule has 0 fully saturated rings. The molecule has 1 aliphatic heterocycles. The molecule has 2 aromatic rings. The van der Waals surface area contributed by atoms with E-state index in [9.17, 15) is 13.9 Å². The van der Waals surface area contributed by atoms with E-state index in [4.69, 9.17) is 0 Å². The highest BCUT2D eigenvalue weighted by molar-refractivity contribution is 5.58. The largest absolute Gasteiger partial charge is 0.388 e. The summed E-state index contributed by atoms with van der Waals surface area (Å²) in [4.78, 5) is 2.16. The molecule has 0 aromatic heterocycles. The average Bonchev–Trinajstić information content (AvgIpc) is 2.85. The lowest BCUT2D eigenvalue weighted by Gasteiger charge is -2.15. The van der Waals surface area contributed by atoms with Gasteiger partial charge in [0.15, 0.2) is 11.6 Å². The van der Waals surface area contributed by atoms with Gasteiger partial charge in [0.1, 0.15) is 0 Å². The van der Waals surface area contributed by atoms with Crippen molar-refractivity contribution in [2.45, 2.75) is 18.9 Å². The summed E-state index contributed by atoms with van der Waals surface area (Å²) < 4.78 is 26.8. The fraction of sp³-hybridized carbons (Fsp3) is 0.294. The summed E-state index contributed by atoms with van der Waals surface area (Å²) in [6.07, 6.45) is 0.177. The lowest BCUT2D eigenvalue weighted by atomic mass is 9.98.